The Hall–Kier alpha value is -2.39. The summed E-state index contributed by atoms with van der Waals surface area (Å²) in [6.45, 7) is 3.86. The maximum Gasteiger partial charge on any atom is 0.269 e. The zero-order chi connectivity index (χ0) is 21.2. The summed E-state index contributed by atoms with van der Waals surface area (Å²) in [4.78, 5) is 25.3. The minimum absolute atomic E-state index is 0.0112. The quantitative estimate of drug-likeness (QED) is 0.354. The van der Waals surface area contributed by atoms with Crippen molar-refractivity contribution >= 4 is 33.2 Å². The van der Waals surface area contributed by atoms with Crippen molar-refractivity contribution in [3.05, 3.63) is 64.2 Å². The Morgan fingerprint density at radius 2 is 1.72 bits per heavy atom. The van der Waals surface area contributed by atoms with Crippen LogP contribution in [-0.2, 0) is 14.6 Å². The number of benzene rings is 2. The smallest absolute Gasteiger partial charge is 0.269 e. The van der Waals surface area contributed by atoms with Crippen molar-refractivity contribution in [2.24, 2.45) is 5.92 Å². The first-order chi connectivity index (χ1) is 13.7. The zero-order valence-corrected chi connectivity index (χ0v) is 17.8. The van der Waals surface area contributed by atoms with Crippen LogP contribution in [0.1, 0.15) is 25.3 Å². The molecule has 9 heteroatoms. The Morgan fingerprint density at radius 1 is 1.10 bits per heavy atom. The second-order valence-corrected chi connectivity index (χ2v) is 10.2. The highest BCUT2D eigenvalue weighted by molar-refractivity contribution is 8.00. The number of thioether (sulfide) groups is 1. The van der Waals surface area contributed by atoms with Crippen LogP contribution in [-0.4, -0.2) is 35.4 Å². The molecular weight excluding hydrogens is 412 g/mol. The Balaban J connectivity index is 1.79. The highest BCUT2D eigenvalue weighted by Crippen LogP contribution is 2.42. The van der Waals surface area contributed by atoms with E-state index in [1.807, 2.05) is 13.8 Å². The van der Waals surface area contributed by atoms with Gasteiger partial charge in [-0.25, -0.2) is 8.42 Å². The van der Waals surface area contributed by atoms with Crippen LogP contribution in [0.5, 0.6) is 0 Å². The van der Waals surface area contributed by atoms with Crippen molar-refractivity contribution in [1.82, 2.24) is 4.90 Å². The van der Waals surface area contributed by atoms with Crippen LogP contribution in [0.25, 0.3) is 0 Å². The van der Waals surface area contributed by atoms with Gasteiger partial charge in [0, 0.05) is 17.0 Å². The number of likely N-dealkylation sites (tertiary alicyclic amines) is 1. The van der Waals surface area contributed by atoms with Crippen molar-refractivity contribution in [1.29, 1.82) is 0 Å². The highest BCUT2D eigenvalue weighted by Gasteiger charge is 2.48. The van der Waals surface area contributed by atoms with Crippen LogP contribution in [0, 0.1) is 23.0 Å². The monoisotopic (exact) mass is 434 g/mol. The summed E-state index contributed by atoms with van der Waals surface area (Å²) in [5, 5.41) is 10.5. The van der Waals surface area contributed by atoms with Gasteiger partial charge in [-0.05, 0) is 37.6 Å². The largest absolute Gasteiger partial charge is 0.314 e. The number of rotatable bonds is 8. The van der Waals surface area contributed by atoms with E-state index in [4.69, 9.17) is 0 Å². The van der Waals surface area contributed by atoms with Crippen LogP contribution < -0.4 is 0 Å². The molecule has 7 nitrogen and oxygen atoms in total. The number of non-ortho nitro benzene ring substituents is 1. The molecule has 0 spiro atoms. The van der Waals surface area contributed by atoms with Gasteiger partial charge in [-0.1, -0.05) is 31.0 Å². The number of β-lactam (4-membered cyclic amide) rings is 1. The van der Waals surface area contributed by atoms with E-state index in [-0.39, 0.29) is 33.7 Å². The van der Waals surface area contributed by atoms with E-state index in [0.29, 0.717) is 6.42 Å². The molecule has 154 valence electrons. The molecule has 1 aliphatic heterocycles. The summed E-state index contributed by atoms with van der Waals surface area (Å²) < 4.78 is 25.6. The van der Waals surface area contributed by atoms with Gasteiger partial charge in [0.05, 0.1) is 21.1 Å². The Bertz CT molecular complexity index is 1000. The third-order valence-corrected chi connectivity index (χ3v) is 7.82. The fourth-order valence-electron chi connectivity index (χ4n) is 3.24. The fraction of sp³-hybridized carbons (Fsp3) is 0.350. The first kappa shape index (κ1) is 21.3. The lowest BCUT2D eigenvalue weighted by molar-refractivity contribution is -0.384. The van der Waals surface area contributed by atoms with Crippen molar-refractivity contribution in [2.45, 2.75) is 41.9 Å². The Labute approximate surface area is 174 Å². The average Bonchev–Trinajstić information content (AvgIpc) is 2.70. The summed E-state index contributed by atoms with van der Waals surface area (Å²) >= 11 is 1.37. The van der Waals surface area contributed by atoms with Crippen LogP contribution in [0.15, 0.2) is 58.3 Å². The lowest BCUT2D eigenvalue weighted by Gasteiger charge is -2.46. The molecule has 1 amide bonds. The predicted octanol–water partition coefficient (Wildman–Crippen LogP) is 4.01. The average molecular weight is 435 g/mol. The summed E-state index contributed by atoms with van der Waals surface area (Å²) in [5.74, 6) is -0.796. The van der Waals surface area contributed by atoms with Gasteiger partial charge in [-0.2, -0.15) is 0 Å². The van der Waals surface area contributed by atoms with Gasteiger partial charge in [0.1, 0.15) is 5.88 Å². The van der Waals surface area contributed by atoms with E-state index in [0.717, 1.165) is 16.9 Å². The van der Waals surface area contributed by atoms with E-state index < -0.39 is 14.8 Å². The van der Waals surface area contributed by atoms with Crippen molar-refractivity contribution in [2.75, 3.05) is 5.88 Å². The Kier molecular flexibility index (Phi) is 6.28. The third-order valence-electron chi connectivity index (χ3n) is 4.84. The maximum absolute atomic E-state index is 12.8. The van der Waals surface area contributed by atoms with Gasteiger partial charge in [-0.3, -0.25) is 14.9 Å². The molecule has 0 saturated carbocycles. The summed E-state index contributed by atoms with van der Waals surface area (Å²) in [7, 11) is -3.65. The van der Waals surface area contributed by atoms with Crippen LogP contribution in [0.3, 0.4) is 0 Å². The first-order valence-corrected chi connectivity index (χ1v) is 11.8. The second kappa shape index (κ2) is 8.54. The molecule has 29 heavy (non-hydrogen) atoms. The molecule has 0 aromatic heterocycles. The van der Waals surface area contributed by atoms with Gasteiger partial charge in [-0.15, -0.1) is 11.8 Å². The van der Waals surface area contributed by atoms with E-state index in [2.05, 4.69) is 0 Å². The predicted molar refractivity (Wildman–Crippen MR) is 111 cm³/mol. The molecule has 3 rings (SSSR count). The molecule has 1 saturated heterocycles. The van der Waals surface area contributed by atoms with Crippen LogP contribution in [0.4, 0.5) is 5.69 Å². The fourth-order valence-corrected chi connectivity index (χ4v) is 5.99. The van der Waals surface area contributed by atoms with Gasteiger partial charge >= 0.3 is 0 Å². The molecule has 1 fully saturated rings. The zero-order valence-electron chi connectivity index (χ0n) is 16.1. The second-order valence-electron chi connectivity index (χ2n) is 7.02. The molecule has 0 aliphatic carbocycles. The number of amides is 1. The number of carbonyl (C=O) groups is 1. The Morgan fingerprint density at radius 3 is 2.28 bits per heavy atom. The topological polar surface area (TPSA) is 97.6 Å². The van der Waals surface area contributed by atoms with Gasteiger partial charge in [0.25, 0.3) is 5.69 Å². The lowest BCUT2D eigenvalue weighted by atomic mass is 9.94. The van der Waals surface area contributed by atoms with Crippen LogP contribution in [0.2, 0.25) is 0 Å². The van der Waals surface area contributed by atoms with Crippen molar-refractivity contribution < 1.29 is 18.1 Å². The van der Waals surface area contributed by atoms with E-state index in [1.54, 1.807) is 36.4 Å². The number of hydrogen-bond donors (Lipinski definition) is 0. The standard InChI is InChI=1S/C20H22N2O5S2/c1-3-4-18-19(23)21(13-29(26,27)17-11-5-14(2)6-12-17)20(18)28-16-9-7-15(8-10-16)22(24)25/h5-12,18,20H,3-4,13H2,1-2H3. The van der Waals surface area contributed by atoms with E-state index in [9.17, 15) is 23.3 Å². The number of nitrogens with zero attached hydrogens (tertiary/aromatic N) is 2. The third kappa shape index (κ3) is 4.62. The maximum atomic E-state index is 12.8. The van der Waals surface area contributed by atoms with Gasteiger partial charge in [0.2, 0.25) is 5.91 Å². The molecule has 2 aromatic rings. The number of hydrogen-bond acceptors (Lipinski definition) is 6. The molecular formula is C20H22N2O5S2. The van der Waals surface area contributed by atoms with E-state index in [1.165, 1.54) is 28.8 Å². The molecule has 2 aromatic carbocycles. The van der Waals surface area contributed by atoms with E-state index >= 15 is 0 Å². The number of nitro benzene ring substituents is 1. The van der Waals surface area contributed by atoms with Crippen molar-refractivity contribution in [3.63, 3.8) is 0 Å². The molecule has 0 radical (unpaired) electrons. The number of nitro groups is 1. The lowest BCUT2D eigenvalue weighted by Crippen LogP contribution is -2.60. The minimum atomic E-state index is -3.65. The molecule has 0 N–H and O–H groups in total. The van der Waals surface area contributed by atoms with Crippen molar-refractivity contribution in [3.8, 4) is 0 Å². The van der Waals surface area contributed by atoms with Gasteiger partial charge < -0.3 is 4.90 Å². The number of sulfone groups is 1. The molecule has 1 heterocycles. The van der Waals surface area contributed by atoms with Crippen LogP contribution >= 0.6 is 11.8 Å². The summed E-state index contributed by atoms with van der Waals surface area (Å²) in [6.07, 6.45) is 1.48. The molecule has 0 bridgehead atoms. The molecule has 1 aliphatic rings. The number of carbonyl (C=O) groups excluding carboxylic acids is 1. The first-order valence-electron chi connectivity index (χ1n) is 9.24. The normalized spacial score (nSPS) is 19.1. The van der Waals surface area contributed by atoms with Gasteiger partial charge in [0.15, 0.2) is 9.84 Å². The molecule has 2 atom stereocenters. The SMILES string of the molecule is CCCC1C(=O)N(CS(=O)(=O)c2ccc(C)cc2)C1Sc1ccc([N+](=O)[O-])cc1. The number of aryl methyl sites for hydroxylation is 1. The molecule has 2 unspecified atom stereocenters. The summed E-state index contributed by atoms with van der Waals surface area (Å²) in [5.41, 5.74) is 0.946. The highest BCUT2D eigenvalue weighted by atomic mass is 32.2. The summed E-state index contributed by atoms with van der Waals surface area (Å²) in [6, 6.07) is 12.6. The minimum Gasteiger partial charge on any atom is -0.314 e.